The number of piperidine rings is 2. The van der Waals surface area contributed by atoms with E-state index in [9.17, 15) is 9.59 Å². The maximum absolute atomic E-state index is 13.0. The van der Waals surface area contributed by atoms with Gasteiger partial charge in [0.15, 0.2) is 0 Å². The summed E-state index contributed by atoms with van der Waals surface area (Å²) in [6, 6.07) is 8.03. The van der Waals surface area contributed by atoms with Crippen molar-refractivity contribution in [1.29, 1.82) is 0 Å². The van der Waals surface area contributed by atoms with Crippen molar-refractivity contribution < 1.29 is 9.59 Å². The van der Waals surface area contributed by atoms with E-state index < -0.39 is 0 Å². The Morgan fingerprint density at radius 1 is 1.12 bits per heavy atom. The largest absolute Gasteiger partial charge is 0.342 e. The van der Waals surface area contributed by atoms with Crippen LogP contribution in [-0.4, -0.2) is 42.9 Å². The first-order valence-electron chi connectivity index (χ1n) is 10.1. The zero-order valence-electron chi connectivity index (χ0n) is 15.2. The predicted octanol–water partition coefficient (Wildman–Crippen LogP) is 2.35. The highest BCUT2D eigenvalue weighted by molar-refractivity contribution is 6.03. The molecule has 138 valence electrons. The number of carbonyl (C=O) groups is 2. The quantitative estimate of drug-likeness (QED) is 0.858. The van der Waals surface area contributed by atoms with E-state index in [2.05, 4.69) is 21.6 Å². The monoisotopic (exact) mass is 353 g/mol. The molecule has 1 aromatic carbocycles. The molecule has 3 aliphatic heterocycles. The zero-order valence-corrected chi connectivity index (χ0v) is 15.2. The number of anilines is 1. The molecule has 1 spiro atoms. The zero-order chi connectivity index (χ0) is 17.7. The van der Waals surface area contributed by atoms with Gasteiger partial charge in [0.2, 0.25) is 11.8 Å². The van der Waals surface area contributed by atoms with Crippen LogP contribution in [-0.2, 0) is 9.59 Å². The molecule has 5 rings (SSSR count). The number of carbonyl (C=O) groups excluding carboxylic acids is 2. The number of amides is 2. The SMILES string of the molecule is O=C1Nc2ccccc2C1C1CCN(C(=O)C2CC23CCNCC3)CC1. The van der Waals surface area contributed by atoms with Crippen LogP contribution in [0.4, 0.5) is 5.69 Å². The highest BCUT2D eigenvalue weighted by atomic mass is 16.2. The lowest BCUT2D eigenvalue weighted by Gasteiger charge is -2.35. The topological polar surface area (TPSA) is 61.4 Å². The Morgan fingerprint density at radius 3 is 2.62 bits per heavy atom. The number of nitrogens with one attached hydrogen (secondary N) is 2. The third kappa shape index (κ3) is 2.56. The molecule has 2 unspecified atom stereocenters. The van der Waals surface area contributed by atoms with Gasteiger partial charge in [-0.15, -0.1) is 0 Å². The molecular weight excluding hydrogens is 326 g/mol. The van der Waals surface area contributed by atoms with Crippen LogP contribution in [0.2, 0.25) is 0 Å². The standard InChI is InChI=1S/C21H27N3O2/c25-19-18(15-3-1-2-4-17(15)23-19)14-5-11-24(12-6-14)20(26)16-13-21(16)7-9-22-10-8-21/h1-4,14,16,18,22H,5-13H2,(H,23,25). The molecule has 5 heteroatoms. The first-order chi connectivity index (χ1) is 12.7. The smallest absolute Gasteiger partial charge is 0.232 e. The molecule has 0 radical (unpaired) electrons. The van der Waals surface area contributed by atoms with Crippen molar-refractivity contribution in [2.75, 3.05) is 31.5 Å². The van der Waals surface area contributed by atoms with Crippen molar-refractivity contribution in [2.45, 2.75) is 38.0 Å². The van der Waals surface area contributed by atoms with Crippen LogP contribution in [0.25, 0.3) is 0 Å². The second-order valence-electron chi connectivity index (χ2n) is 8.59. The van der Waals surface area contributed by atoms with Gasteiger partial charge < -0.3 is 15.5 Å². The van der Waals surface area contributed by atoms with Crippen molar-refractivity contribution in [3.05, 3.63) is 29.8 Å². The number of benzene rings is 1. The van der Waals surface area contributed by atoms with Crippen LogP contribution in [0.1, 0.15) is 43.6 Å². The molecule has 5 nitrogen and oxygen atoms in total. The van der Waals surface area contributed by atoms with E-state index in [1.54, 1.807) is 0 Å². The van der Waals surface area contributed by atoms with Crippen LogP contribution >= 0.6 is 0 Å². The maximum Gasteiger partial charge on any atom is 0.232 e. The highest BCUT2D eigenvalue weighted by Gasteiger charge is 2.58. The minimum absolute atomic E-state index is 0.0415. The number of hydrogen-bond donors (Lipinski definition) is 2. The Hall–Kier alpha value is -1.88. The molecule has 2 atom stereocenters. The molecule has 3 fully saturated rings. The molecule has 0 aromatic heterocycles. The Labute approximate surface area is 154 Å². The minimum atomic E-state index is -0.0415. The predicted molar refractivity (Wildman–Crippen MR) is 99.8 cm³/mol. The second-order valence-corrected chi connectivity index (χ2v) is 8.59. The third-order valence-electron chi connectivity index (χ3n) is 7.25. The summed E-state index contributed by atoms with van der Waals surface area (Å²) in [6.45, 7) is 3.73. The maximum atomic E-state index is 13.0. The van der Waals surface area contributed by atoms with E-state index >= 15 is 0 Å². The summed E-state index contributed by atoms with van der Waals surface area (Å²) in [6.07, 6.45) is 5.25. The number of nitrogens with zero attached hydrogens (tertiary/aromatic N) is 1. The average Bonchev–Trinajstić information content (AvgIpc) is 3.24. The summed E-state index contributed by atoms with van der Waals surface area (Å²) in [5, 5.41) is 6.43. The van der Waals surface area contributed by atoms with E-state index in [0.717, 1.165) is 69.5 Å². The summed E-state index contributed by atoms with van der Waals surface area (Å²) >= 11 is 0. The first kappa shape index (κ1) is 16.3. The summed E-state index contributed by atoms with van der Waals surface area (Å²) < 4.78 is 0. The van der Waals surface area contributed by atoms with Gasteiger partial charge in [-0.05, 0) is 68.2 Å². The summed E-state index contributed by atoms with van der Waals surface area (Å²) in [4.78, 5) is 27.5. The van der Waals surface area contributed by atoms with E-state index in [1.165, 1.54) is 0 Å². The van der Waals surface area contributed by atoms with Gasteiger partial charge in [-0.1, -0.05) is 18.2 Å². The van der Waals surface area contributed by atoms with E-state index in [1.807, 2.05) is 18.2 Å². The Morgan fingerprint density at radius 2 is 1.85 bits per heavy atom. The number of likely N-dealkylation sites (tertiary alicyclic amines) is 1. The first-order valence-corrected chi connectivity index (χ1v) is 10.1. The highest BCUT2D eigenvalue weighted by Crippen LogP contribution is 2.59. The average molecular weight is 353 g/mol. The lowest BCUT2D eigenvalue weighted by Crippen LogP contribution is -2.42. The minimum Gasteiger partial charge on any atom is -0.342 e. The number of fused-ring (bicyclic) bond motifs is 1. The fourth-order valence-corrected chi connectivity index (χ4v) is 5.55. The molecule has 3 heterocycles. The summed E-state index contributed by atoms with van der Waals surface area (Å²) in [5.74, 6) is 1.07. The molecule has 2 saturated heterocycles. The second kappa shape index (κ2) is 6.08. The van der Waals surface area contributed by atoms with Crippen LogP contribution in [0.5, 0.6) is 0 Å². The molecule has 2 N–H and O–H groups in total. The Bertz CT molecular complexity index is 733. The number of para-hydroxylation sites is 1. The van der Waals surface area contributed by atoms with Gasteiger partial charge in [-0.2, -0.15) is 0 Å². The Kier molecular flexibility index (Phi) is 3.82. The normalized spacial score (nSPS) is 30.2. The lowest BCUT2D eigenvalue weighted by atomic mass is 9.80. The van der Waals surface area contributed by atoms with E-state index in [-0.39, 0.29) is 17.7 Å². The molecular formula is C21H27N3O2. The van der Waals surface area contributed by atoms with Gasteiger partial charge in [0, 0.05) is 24.7 Å². The molecule has 0 bridgehead atoms. The lowest BCUT2D eigenvalue weighted by molar-refractivity contribution is -0.135. The van der Waals surface area contributed by atoms with Gasteiger partial charge in [0.1, 0.15) is 0 Å². The van der Waals surface area contributed by atoms with Crippen molar-refractivity contribution in [3.8, 4) is 0 Å². The van der Waals surface area contributed by atoms with Crippen molar-refractivity contribution >= 4 is 17.5 Å². The van der Waals surface area contributed by atoms with Crippen molar-refractivity contribution in [2.24, 2.45) is 17.3 Å². The molecule has 1 aromatic rings. The van der Waals surface area contributed by atoms with Gasteiger partial charge in [0.25, 0.3) is 0 Å². The molecule has 1 aliphatic carbocycles. The van der Waals surface area contributed by atoms with Gasteiger partial charge >= 0.3 is 0 Å². The number of hydrogen-bond acceptors (Lipinski definition) is 3. The Balaban J connectivity index is 1.22. The van der Waals surface area contributed by atoms with Crippen molar-refractivity contribution in [1.82, 2.24) is 10.2 Å². The van der Waals surface area contributed by atoms with Crippen LogP contribution in [0, 0.1) is 17.3 Å². The molecule has 2 amide bonds. The summed E-state index contributed by atoms with van der Waals surface area (Å²) in [7, 11) is 0. The fourth-order valence-electron chi connectivity index (χ4n) is 5.55. The van der Waals surface area contributed by atoms with Gasteiger partial charge in [-0.3, -0.25) is 9.59 Å². The third-order valence-corrected chi connectivity index (χ3v) is 7.25. The van der Waals surface area contributed by atoms with Crippen LogP contribution in [0.3, 0.4) is 0 Å². The van der Waals surface area contributed by atoms with Crippen molar-refractivity contribution in [3.63, 3.8) is 0 Å². The van der Waals surface area contributed by atoms with E-state index in [0.29, 0.717) is 17.2 Å². The molecule has 4 aliphatic rings. The molecule has 1 saturated carbocycles. The molecule has 26 heavy (non-hydrogen) atoms. The number of rotatable bonds is 2. The van der Waals surface area contributed by atoms with Gasteiger partial charge in [-0.25, -0.2) is 0 Å². The van der Waals surface area contributed by atoms with Gasteiger partial charge in [0.05, 0.1) is 5.92 Å². The summed E-state index contributed by atoms with van der Waals surface area (Å²) in [5.41, 5.74) is 2.41. The van der Waals surface area contributed by atoms with E-state index in [4.69, 9.17) is 0 Å². The fraction of sp³-hybridized carbons (Fsp3) is 0.619. The van der Waals surface area contributed by atoms with Crippen LogP contribution < -0.4 is 10.6 Å². The van der Waals surface area contributed by atoms with Crippen LogP contribution in [0.15, 0.2) is 24.3 Å².